The number of unbranched alkanes of at least 4 members (excludes halogenated alkanes) is 1. The van der Waals surface area contributed by atoms with Crippen molar-refractivity contribution in [1.82, 2.24) is 0 Å². The fourth-order valence-electron chi connectivity index (χ4n) is 3.53. The van der Waals surface area contributed by atoms with Crippen molar-refractivity contribution >= 4 is 5.97 Å². The van der Waals surface area contributed by atoms with Crippen molar-refractivity contribution in [2.24, 2.45) is 23.2 Å². The monoisotopic (exact) mass is 342 g/mol. The standard InChI is InChI=1S/C21H42O3/c1-8-11-12-19(9-2)15-24-20(22)21(13-17(4)5,14-18(6)7)16-23-10-3/h17-19H,8-16H2,1-7H3. The predicted molar refractivity (Wildman–Crippen MR) is 102 cm³/mol. The summed E-state index contributed by atoms with van der Waals surface area (Å²) < 4.78 is 11.6. The van der Waals surface area contributed by atoms with Crippen LogP contribution in [0.4, 0.5) is 0 Å². The van der Waals surface area contributed by atoms with Crippen LogP contribution in [-0.4, -0.2) is 25.8 Å². The van der Waals surface area contributed by atoms with Crippen molar-refractivity contribution in [3.8, 4) is 0 Å². The molecular weight excluding hydrogens is 300 g/mol. The highest BCUT2D eigenvalue weighted by Crippen LogP contribution is 2.36. The van der Waals surface area contributed by atoms with Gasteiger partial charge in [0.1, 0.15) is 0 Å². The Labute approximate surface area is 150 Å². The second kappa shape index (κ2) is 12.7. The second-order valence-electron chi connectivity index (χ2n) is 8.13. The molecule has 0 saturated carbocycles. The van der Waals surface area contributed by atoms with E-state index >= 15 is 0 Å². The molecule has 1 unspecified atom stereocenters. The Morgan fingerprint density at radius 2 is 1.58 bits per heavy atom. The largest absolute Gasteiger partial charge is 0.465 e. The quantitative estimate of drug-likeness (QED) is 0.371. The first-order valence-electron chi connectivity index (χ1n) is 10.1. The molecule has 0 amide bonds. The number of esters is 1. The number of rotatable bonds is 14. The first-order valence-corrected chi connectivity index (χ1v) is 10.1. The van der Waals surface area contributed by atoms with Crippen LogP contribution >= 0.6 is 0 Å². The van der Waals surface area contributed by atoms with Crippen LogP contribution in [-0.2, 0) is 14.3 Å². The molecule has 144 valence electrons. The molecule has 0 heterocycles. The molecule has 0 saturated heterocycles. The van der Waals surface area contributed by atoms with E-state index in [4.69, 9.17) is 9.47 Å². The second-order valence-corrected chi connectivity index (χ2v) is 8.13. The highest BCUT2D eigenvalue weighted by Gasteiger charge is 2.41. The fraction of sp³-hybridized carbons (Fsp3) is 0.952. The van der Waals surface area contributed by atoms with Gasteiger partial charge in [-0.2, -0.15) is 0 Å². The molecule has 0 aromatic rings. The molecule has 3 heteroatoms. The molecule has 0 aromatic carbocycles. The van der Waals surface area contributed by atoms with Crippen LogP contribution in [0.2, 0.25) is 0 Å². The highest BCUT2D eigenvalue weighted by molar-refractivity contribution is 5.77. The van der Waals surface area contributed by atoms with Gasteiger partial charge in [0.2, 0.25) is 0 Å². The zero-order valence-corrected chi connectivity index (χ0v) is 17.3. The van der Waals surface area contributed by atoms with Crippen LogP contribution in [0.3, 0.4) is 0 Å². The van der Waals surface area contributed by atoms with E-state index in [0.717, 1.165) is 25.7 Å². The Morgan fingerprint density at radius 1 is 1.00 bits per heavy atom. The molecule has 0 rings (SSSR count). The van der Waals surface area contributed by atoms with Crippen molar-refractivity contribution in [3.05, 3.63) is 0 Å². The first-order chi connectivity index (χ1) is 11.3. The van der Waals surface area contributed by atoms with Crippen LogP contribution in [0.1, 0.15) is 87.0 Å². The summed E-state index contributed by atoms with van der Waals surface area (Å²) >= 11 is 0. The maximum Gasteiger partial charge on any atom is 0.314 e. The molecule has 0 N–H and O–H groups in total. The summed E-state index contributed by atoms with van der Waals surface area (Å²) in [6.07, 6.45) is 6.27. The molecule has 0 fully saturated rings. The summed E-state index contributed by atoms with van der Waals surface area (Å²) in [5.74, 6) is 1.32. The topological polar surface area (TPSA) is 35.5 Å². The smallest absolute Gasteiger partial charge is 0.314 e. The van der Waals surface area contributed by atoms with E-state index in [2.05, 4.69) is 41.5 Å². The Hall–Kier alpha value is -0.570. The van der Waals surface area contributed by atoms with Gasteiger partial charge in [0.15, 0.2) is 0 Å². The van der Waals surface area contributed by atoms with Crippen LogP contribution in [0.5, 0.6) is 0 Å². The van der Waals surface area contributed by atoms with Crippen LogP contribution in [0, 0.1) is 23.2 Å². The van der Waals surface area contributed by atoms with Gasteiger partial charge in [0.25, 0.3) is 0 Å². The van der Waals surface area contributed by atoms with E-state index in [0.29, 0.717) is 37.6 Å². The molecule has 0 radical (unpaired) electrons. The van der Waals surface area contributed by atoms with Gasteiger partial charge in [-0.1, -0.05) is 60.8 Å². The van der Waals surface area contributed by atoms with Crippen molar-refractivity contribution in [3.63, 3.8) is 0 Å². The third kappa shape index (κ3) is 9.05. The first kappa shape index (κ1) is 23.4. The van der Waals surface area contributed by atoms with Crippen molar-refractivity contribution in [2.45, 2.75) is 87.0 Å². The van der Waals surface area contributed by atoms with Crippen molar-refractivity contribution < 1.29 is 14.3 Å². The normalized spacial score (nSPS) is 13.5. The molecule has 0 aliphatic rings. The van der Waals surface area contributed by atoms with E-state index < -0.39 is 5.41 Å². The summed E-state index contributed by atoms with van der Waals surface area (Å²) in [5.41, 5.74) is -0.499. The Balaban J connectivity index is 5.03. The number of carbonyl (C=O) groups excluding carboxylic acids is 1. The molecule has 0 spiro atoms. The van der Waals surface area contributed by atoms with Gasteiger partial charge in [-0.3, -0.25) is 4.79 Å². The highest BCUT2D eigenvalue weighted by atomic mass is 16.5. The maximum atomic E-state index is 13.0. The average Bonchev–Trinajstić information content (AvgIpc) is 2.51. The summed E-state index contributed by atoms with van der Waals surface area (Å²) in [6.45, 7) is 16.7. The minimum absolute atomic E-state index is 0.0479. The lowest BCUT2D eigenvalue weighted by molar-refractivity contribution is -0.164. The number of ether oxygens (including phenoxy) is 2. The molecule has 0 bridgehead atoms. The van der Waals surface area contributed by atoms with E-state index in [1.54, 1.807) is 0 Å². The van der Waals surface area contributed by atoms with Crippen LogP contribution in [0.15, 0.2) is 0 Å². The number of hydrogen-bond acceptors (Lipinski definition) is 3. The van der Waals surface area contributed by atoms with E-state index in [1.165, 1.54) is 12.8 Å². The Morgan fingerprint density at radius 3 is 2.00 bits per heavy atom. The van der Waals surface area contributed by atoms with Gasteiger partial charge in [0, 0.05) is 6.61 Å². The molecule has 0 aromatic heterocycles. The van der Waals surface area contributed by atoms with Crippen LogP contribution in [0.25, 0.3) is 0 Å². The lowest BCUT2D eigenvalue weighted by Crippen LogP contribution is -2.40. The summed E-state index contributed by atoms with van der Waals surface area (Å²) in [6, 6.07) is 0. The molecular formula is C21H42O3. The lowest BCUT2D eigenvalue weighted by atomic mass is 9.74. The van der Waals surface area contributed by atoms with Crippen LogP contribution < -0.4 is 0 Å². The summed E-state index contributed by atoms with van der Waals surface area (Å²) in [7, 11) is 0. The molecule has 24 heavy (non-hydrogen) atoms. The fourth-order valence-corrected chi connectivity index (χ4v) is 3.53. The lowest BCUT2D eigenvalue weighted by Gasteiger charge is -2.34. The van der Waals surface area contributed by atoms with E-state index in [9.17, 15) is 4.79 Å². The molecule has 0 aliphatic carbocycles. The van der Waals surface area contributed by atoms with Gasteiger partial charge in [-0.15, -0.1) is 0 Å². The third-order valence-electron chi connectivity index (χ3n) is 4.61. The third-order valence-corrected chi connectivity index (χ3v) is 4.61. The van der Waals surface area contributed by atoms with Gasteiger partial charge < -0.3 is 9.47 Å². The molecule has 0 aliphatic heterocycles. The number of hydrogen-bond donors (Lipinski definition) is 0. The number of carbonyl (C=O) groups is 1. The van der Waals surface area contributed by atoms with Gasteiger partial charge in [-0.25, -0.2) is 0 Å². The zero-order chi connectivity index (χ0) is 18.6. The summed E-state index contributed by atoms with van der Waals surface area (Å²) in [5, 5.41) is 0. The van der Waals surface area contributed by atoms with Gasteiger partial charge in [-0.05, 0) is 43.9 Å². The Bertz CT molecular complexity index is 313. The summed E-state index contributed by atoms with van der Waals surface area (Å²) in [4.78, 5) is 13.0. The molecule has 3 nitrogen and oxygen atoms in total. The predicted octanol–water partition coefficient (Wildman–Crippen LogP) is 5.86. The van der Waals surface area contributed by atoms with Gasteiger partial charge in [0.05, 0.1) is 18.6 Å². The van der Waals surface area contributed by atoms with Crippen molar-refractivity contribution in [2.75, 3.05) is 19.8 Å². The maximum absolute atomic E-state index is 13.0. The SMILES string of the molecule is CCCCC(CC)COC(=O)C(COCC)(CC(C)C)CC(C)C. The van der Waals surface area contributed by atoms with E-state index in [1.807, 2.05) is 6.92 Å². The zero-order valence-electron chi connectivity index (χ0n) is 17.3. The average molecular weight is 343 g/mol. The van der Waals surface area contributed by atoms with E-state index in [-0.39, 0.29) is 5.97 Å². The van der Waals surface area contributed by atoms with Gasteiger partial charge >= 0.3 is 5.97 Å². The minimum Gasteiger partial charge on any atom is -0.465 e. The minimum atomic E-state index is -0.499. The molecule has 1 atom stereocenters. The Kier molecular flexibility index (Phi) is 12.4. The van der Waals surface area contributed by atoms with Crippen molar-refractivity contribution in [1.29, 1.82) is 0 Å².